The van der Waals surface area contributed by atoms with E-state index in [-0.39, 0.29) is 17.2 Å². The molecule has 0 aliphatic heterocycles. The first-order chi connectivity index (χ1) is 16.6. The summed E-state index contributed by atoms with van der Waals surface area (Å²) in [7, 11) is -4.04. The summed E-state index contributed by atoms with van der Waals surface area (Å²) in [6.07, 6.45) is 1.39. The predicted molar refractivity (Wildman–Crippen MR) is 134 cm³/mol. The number of rotatable bonds is 10. The number of benzene rings is 3. The molecule has 0 saturated carbocycles. The average Bonchev–Trinajstić information content (AvgIpc) is 2.83. The zero-order valence-electron chi connectivity index (χ0n) is 18.7. The number of primary amides is 1. The first-order valence-electron chi connectivity index (χ1n) is 10.3. The molecule has 0 fully saturated rings. The van der Waals surface area contributed by atoms with Gasteiger partial charge in [0.25, 0.3) is 21.8 Å². The van der Waals surface area contributed by atoms with E-state index in [1.807, 2.05) is 6.92 Å². The second-order valence-corrected chi connectivity index (χ2v) is 9.72. The lowest BCUT2D eigenvalue weighted by molar-refractivity contribution is -0.120. The van der Waals surface area contributed by atoms with Crippen LogP contribution >= 0.6 is 11.6 Å². The number of halogens is 1. The molecule has 0 unspecified atom stereocenters. The van der Waals surface area contributed by atoms with Gasteiger partial charge in [0.05, 0.1) is 16.8 Å². The highest BCUT2D eigenvalue weighted by Gasteiger charge is 2.27. The summed E-state index contributed by atoms with van der Waals surface area (Å²) in [5.74, 6) is -0.784. The Morgan fingerprint density at radius 3 is 2.26 bits per heavy atom. The molecule has 11 heteroatoms. The summed E-state index contributed by atoms with van der Waals surface area (Å²) in [5, 5.41) is 4.32. The van der Waals surface area contributed by atoms with Crippen LogP contribution < -0.4 is 20.2 Å². The van der Waals surface area contributed by atoms with Crippen LogP contribution in [-0.4, -0.2) is 39.6 Å². The van der Waals surface area contributed by atoms with E-state index in [2.05, 4.69) is 10.5 Å². The number of nitrogens with zero attached hydrogens (tertiary/aromatic N) is 2. The number of carbonyl (C=O) groups excluding carboxylic acids is 2. The SMILES string of the molecule is Cc1ccc(S(=O)(=O)N(CC(=O)N/N=C\c2ccc(OCC(N)=O)cc2)c2ccc(Cl)cc2)cc1. The molecule has 0 saturated heterocycles. The van der Waals surface area contributed by atoms with Crippen molar-refractivity contribution in [2.45, 2.75) is 11.8 Å². The molecule has 0 atom stereocenters. The van der Waals surface area contributed by atoms with Gasteiger partial charge in [-0.15, -0.1) is 0 Å². The van der Waals surface area contributed by atoms with Crippen LogP contribution in [0.25, 0.3) is 0 Å². The minimum absolute atomic E-state index is 0.0491. The third-order valence-electron chi connectivity index (χ3n) is 4.67. The van der Waals surface area contributed by atoms with E-state index in [4.69, 9.17) is 22.1 Å². The summed E-state index contributed by atoms with van der Waals surface area (Å²) in [6.45, 7) is 1.11. The Hall–Kier alpha value is -3.89. The summed E-state index contributed by atoms with van der Waals surface area (Å²) >= 11 is 5.94. The lowest BCUT2D eigenvalue weighted by Gasteiger charge is -2.23. The minimum atomic E-state index is -4.04. The van der Waals surface area contributed by atoms with E-state index in [1.165, 1.54) is 30.5 Å². The molecule has 0 aromatic heterocycles. The number of hydrogen-bond donors (Lipinski definition) is 2. The highest BCUT2D eigenvalue weighted by molar-refractivity contribution is 7.92. The fourth-order valence-corrected chi connectivity index (χ4v) is 4.46. The van der Waals surface area contributed by atoms with Crippen LogP contribution in [0.4, 0.5) is 5.69 Å². The Labute approximate surface area is 208 Å². The van der Waals surface area contributed by atoms with Gasteiger partial charge in [0, 0.05) is 5.02 Å². The van der Waals surface area contributed by atoms with Crippen LogP contribution in [0.2, 0.25) is 5.02 Å². The Kier molecular flexibility index (Phi) is 8.45. The van der Waals surface area contributed by atoms with E-state index in [0.29, 0.717) is 16.3 Å². The monoisotopic (exact) mass is 514 g/mol. The van der Waals surface area contributed by atoms with Gasteiger partial charge >= 0.3 is 0 Å². The van der Waals surface area contributed by atoms with Gasteiger partial charge in [0.1, 0.15) is 12.3 Å². The Bertz CT molecular complexity index is 1310. The third-order valence-corrected chi connectivity index (χ3v) is 6.71. The molecule has 0 spiro atoms. The first kappa shape index (κ1) is 25.7. The Morgan fingerprint density at radius 1 is 1.03 bits per heavy atom. The summed E-state index contributed by atoms with van der Waals surface area (Å²) in [4.78, 5) is 23.4. The second-order valence-electron chi connectivity index (χ2n) is 7.42. The van der Waals surface area contributed by atoms with Crippen molar-refractivity contribution in [2.24, 2.45) is 10.8 Å². The molecule has 0 aliphatic carbocycles. The Morgan fingerprint density at radius 2 is 1.66 bits per heavy atom. The zero-order chi connectivity index (χ0) is 25.4. The average molecular weight is 515 g/mol. The Balaban J connectivity index is 1.72. The van der Waals surface area contributed by atoms with Crippen LogP contribution in [-0.2, 0) is 19.6 Å². The highest BCUT2D eigenvalue weighted by Crippen LogP contribution is 2.25. The van der Waals surface area contributed by atoms with Crippen LogP contribution in [0, 0.1) is 6.92 Å². The number of hydrazone groups is 1. The lowest BCUT2D eigenvalue weighted by Crippen LogP contribution is -2.39. The third kappa shape index (κ3) is 7.29. The van der Waals surface area contributed by atoms with Crippen LogP contribution in [0.5, 0.6) is 5.75 Å². The van der Waals surface area contributed by atoms with Crippen LogP contribution in [0.15, 0.2) is 82.8 Å². The van der Waals surface area contributed by atoms with Gasteiger partial charge in [0.15, 0.2) is 6.61 Å². The van der Waals surface area contributed by atoms with Crippen LogP contribution in [0.1, 0.15) is 11.1 Å². The smallest absolute Gasteiger partial charge is 0.264 e. The minimum Gasteiger partial charge on any atom is -0.484 e. The molecule has 0 heterocycles. The number of hydrogen-bond acceptors (Lipinski definition) is 6. The summed E-state index contributed by atoms with van der Waals surface area (Å²) < 4.78 is 32.8. The highest BCUT2D eigenvalue weighted by atomic mass is 35.5. The van der Waals surface area contributed by atoms with Gasteiger partial charge in [0.2, 0.25) is 0 Å². The van der Waals surface area contributed by atoms with Crippen molar-refractivity contribution in [2.75, 3.05) is 17.5 Å². The lowest BCUT2D eigenvalue weighted by atomic mass is 10.2. The van der Waals surface area contributed by atoms with Gasteiger partial charge in [-0.25, -0.2) is 13.8 Å². The number of sulfonamides is 1. The van der Waals surface area contributed by atoms with Crippen molar-refractivity contribution < 1.29 is 22.7 Å². The molecule has 35 heavy (non-hydrogen) atoms. The second kappa shape index (κ2) is 11.5. The fourth-order valence-electron chi connectivity index (χ4n) is 2.91. The van der Waals surface area contributed by atoms with E-state index in [1.54, 1.807) is 48.5 Å². The standard InChI is InChI=1S/C24H23ClN4O5S/c1-17-2-12-22(13-3-17)35(32,33)29(20-8-6-19(25)7-9-20)15-24(31)28-27-14-18-4-10-21(11-5-18)34-16-23(26)30/h2-14H,15-16H2,1H3,(H2,26,30)(H,28,31)/b27-14-. The number of ether oxygens (including phenoxy) is 1. The van der Waals surface area contributed by atoms with Crippen molar-refractivity contribution in [3.63, 3.8) is 0 Å². The van der Waals surface area contributed by atoms with Crippen molar-refractivity contribution in [3.8, 4) is 5.75 Å². The number of nitrogens with two attached hydrogens (primary N) is 1. The van der Waals surface area contributed by atoms with Crippen molar-refractivity contribution in [1.82, 2.24) is 5.43 Å². The summed E-state index contributed by atoms with van der Waals surface area (Å²) in [5.41, 5.74) is 9.19. The van der Waals surface area contributed by atoms with Gasteiger partial charge in [-0.05, 0) is 73.2 Å². The van der Waals surface area contributed by atoms with Crippen molar-refractivity contribution in [1.29, 1.82) is 0 Å². The normalized spacial score (nSPS) is 11.3. The fraction of sp³-hybridized carbons (Fsp3) is 0.125. The molecule has 3 N–H and O–H groups in total. The number of nitrogens with one attached hydrogen (secondary N) is 1. The molecular weight excluding hydrogens is 492 g/mol. The quantitative estimate of drug-likeness (QED) is 0.317. The van der Waals surface area contributed by atoms with Crippen LogP contribution in [0.3, 0.4) is 0 Å². The molecule has 2 amide bonds. The molecule has 3 rings (SSSR count). The van der Waals surface area contributed by atoms with Gasteiger partial charge in [-0.2, -0.15) is 5.10 Å². The molecule has 0 bridgehead atoms. The maximum Gasteiger partial charge on any atom is 0.264 e. The molecule has 3 aromatic carbocycles. The molecule has 3 aromatic rings. The largest absolute Gasteiger partial charge is 0.484 e. The van der Waals surface area contributed by atoms with Gasteiger partial charge in [-0.1, -0.05) is 29.3 Å². The van der Waals surface area contributed by atoms with Crippen molar-refractivity contribution in [3.05, 3.63) is 88.9 Å². The molecular formula is C24H23ClN4O5S. The van der Waals surface area contributed by atoms with Gasteiger partial charge in [-0.3, -0.25) is 13.9 Å². The van der Waals surface area contributed by atoms with Crippen molar-refractivity contribution >= 4 is 45.3 Å². The molecule has 0 aliphatic rings. The number of carbonyl (C=O) groups is 2. The molecule has 0 radical (unpaired) electrons. The maximum absolute atomic E-state index is 13.3. The van der Waals surface area contributed by atoms with E-state index >= 15 is 0 Å². The van der Waals surface area contributed by atoms with E-state index < -0.39 is 28.4 Å². The first-order valence-corrected chi connectivity index (χ1v) is 12.1. The molecule has 9 nitrogen and oxygen atoms in total. The zero-order valence-corrected chi connectivity index (χ0v) is 20.3. The van der Waals surface area contributed by atoms with Gasteiger partial charge < -0.3 is 10.5 Å². The van der Waals surface area contributed by atoms with E-state index in [9.17, 15) is 18.0 Å². The topological polar surface area (TPSA) is 131 Å². The predicted octanol–water partition coefficient (Wildman–Crippen LogP) is 2.86. The summed E-state index contributed by atoms with van der Waals surface area (Å²) in [6, 6.07) is 19.0. The maximum atomic E-state index is 13.3. The number of aryl methyl sites for hydroxylation is 1. The number of amides is 2. The van der Waals surface area contributed by atoms with E-state index in [0.717, 1.165) is 9.87 Å². The molecule has 182 valence electrons. The number of anilines is 1.